The van der Waals surface area contributed by atoms with Gasteiger partial charge in [-0.25, -0.2) is 9.97 Å². The molecule has 9 nitrogen and oxygen atoms in total. The average molecular weight is 493 g/mol. The Bertz CT molecular complexity index is 1120. The minimum Gasteiger partial charge on any atom is -0.497 e. The molecule has 2 aromatic heterocycles. The number of aromatic nitrogens is 5. The molecule has 0 aliphatic heterocycles. The van der Waals surface area contributed by atoms with Crippen molar-refractivity contribution in [2.45, 2.75) is 45.8 Å². The normalized spacial score (nSPS) is 12.3. The monoisotopic (exact) mass is 492 g/mol. The van der Waals surface area contributed by atoms with Gasteiger partial charge in [0.15, 0.2) is 5.69 Å². The molecule has 1 aromatic carbocycles. The number of methoxy groups -OCH3 is 1. The van der Waals surface area contributed by atoms with Crippen LogP contribution < -0.4 is 9.47 Å². The summed E-state index contributed by atoms with van der Waals surface area (Å²) in [5.41, 5.74) is 0.699. The van der Waals surface area contributed by atoms with Crippen LogP contribution in [0.1, 0.15) is 48.8 Å². The predicted molar refractivity (Wildman–Crippen MR) is 121 cm³/mol. The van der Waals surface area contributed by atoms with Gasteiger partial charge in [-0.3, -0.25) is 4.79 Å². The van der Waals surface area contributed by atoms with Gasteiger partial charge in [-0.1, -0.05) is 13.3 Å². The number of carbonyl (C=O) groups is 1. The Kier molecular flexibility index (Phi) is 8.26. The highest BCUT2D eigenvalue weighted by molar-refractivity contribution is 5.99. The number of alkyl halides is 3. The molecule has 35 heavy (non-hydrogen) atoms. The third-order valence-corrected chi connectivity index (χ3v) is 5.29. The maximum Gasteiger partial charge on any atom is 0.434 e. The van der Waals surface area contributed by atoms with Crippen molar-refractivity contribution in [1.82, 2.24) is 29.9 Å². The smallest absolute Gasteiger partial charge is 0.434 e. The SMILES string of the molecule is CCCc1cc(OC)cc(C(=O)N(CC)[C@@H](C)COc2cnc(C(F)(F)F)cn2)c1-n1nccn1. The summed E-state index contributed by atoms with van der Waals surface area (Å²) in [6.45, 7) is 5.99. The molecule has 0 saturated carbocycles. The molecule has 12 heteroatoms. The molecule has 0 spiro atoms. The van der Waals surface area contributed by atoms with Crippen molar-refractivity contribution in [3.05, 3.63) is 53.7 Å². The van der Waals surface area contributed by atoms with Gasteiger partial charge in [-0.15, -0.1) is 0 Å². The highest BCUT2D eigenvalue weighted by Gasteiger charge is 2.33. The number of halogens is 3. The molecular weight excluding hydrogens is 465 g/mol. The van der Waals surface area contributed by atoms with E-state index in [-0.39, 0.29) is 18.4 Å². The topological polar surface area (TPSA) is 95.3 Å². The Morgan fingerprint density at radius 1 is 1.14 bits per heavy atom. The maximum atomic E-state index is 13.7. The third kappa shape index (κ3) is 6.06. The first-order valence-electron chi connectivity index (χ1n) is 11.1. The van der Waals surface area contributed by atoms with Crippen LogP contribution in [-0.4, -0.2) is 62.1 Å². The van der Waals surface area contributed by atoms with E-state index >= 15 is 0 Å². The largest absolute Gasteiger partial charge is 0.497 e. The second-order valence-electron chi connectivity index (χ2n) is 7.74. The van der Waals surface area contributed by atoms with Crippen molar-refractivity contribution in [2.75, 3.05) is 20.3 Å². The number of aryl methyl sites for hydroxylation is 1. The zero-order valence-corrected chi connectivity index (χ0v) is 19.9. The van der Waals surface area contributed by atoms with Crippen LogP contribution >= 0.6 is 0 Å². The van der Waals surface area contributed by atoms with Crippen LogP contribution in [0.3, 0.4) is 0 Å². The number of hydrogen-bond donors (Lipinski definition) is 0. The molecule has 0 aliphatic rings. The van der Waals surface area contributed by atoms with Crippen LogP contribution in [0.25, 0.3) is 5.69 Å². The number of amides is 1. The van der Waals surface area contributed by atoms with Gasteiger partial charge in [-0.2, -0.15) is 28.2 Å². The highest BCUT2D eigenvalue weighted by atomic mass is 19.4. The first-order valence-corrected chi connectivity index (χ1v) is 11.1. The summed E-state index contributed by atoms with van der Waals surface area (Å²) in [5.74, 6) is 0.180. The molecule has 0 unspecified atom stereocenters. The average Bonchev–Trinajstić information content (AvgIpc) is 3.37. The lowest BCUT2D eigenvalue weighted by Gasteiger charge is -2.29. The predicted octanol–water partition coefficient (Wildman–Crippen LogP) is 3.97. The second kappa shape index (κ2) is 11.2. The molecule has 188 valence electrons. The van der Waals surface area contributed by atoms with E-state index in [1.54, 1.807) is 17.9 Å². The minimum atomic E-state index is -4.58. The summed E-state index contributed by atoms with van der Waals surface area (Å²) in [7, 11) is 1.53. The number of carbonyl (C=O) groups excluding carboxylic acids is 1. The van der Waals surface area contributed by atoms with Crippen molar-refractivity contribution < 1.29 is 27.4 Å². The quantitative estimate of drug-likeness (QED) is 0.423. The van der Waals surface area contributed by atoms with E-state index in [0.717, 1.165) is 18.2 Å². The number of rotatable bonds is 10. The van der Waals surface area contributed by atoms with Gasteiger partial charge in [-0.05, 0) is 38.0 Å². The van der Waals surface area contributed by atoms with Crippen molar-refractivity contribution in [2.24, 2.45) is 0 Å². The number of nitrogens with zero attached hydrogens (tertiary/aromatic N) is 6. The molecule has 0 aliphatic carbocycles. The highest BCUT2D eigenvalue weighted by Crippen LogP contribution is 2.29. The molecular formula is C23H27F3N6O3. The second-order valence-corrected chi connectivity index (χ2v) is 7.74. The van der Waals surface area contributed by atoms with Crippen LogP contribution in [-0.2, 0) is 12.6 Å². The number of ether oxygens (including phenoxy) is 2. The van der Waals surface area contributed by atoms with Crippen molar-refractivity contribution >= 4 is 5.91 Å². The van der Waals surface area contributed by atoms with Crippen molar-refractivity contribution in [3.8, 4) is 17.3 Å². The summed E-state index contributed by atoms with van der Waals surface area (Å²) in [6.07, 6.45) is 1.53. The standard InChI is InChI=1S/C23H27F3N6O3/c1-5-7-16-10-17(34-4)11-18(21(16)32-29-8-9-30-32)22(33)31(6-2)15(3)14-35-20-13-27-19(12-28-20)23(24,25)26/h8-13,15H,5-7,14H2,1-4H3/t15-/m0/s1. The molecule has 0 bridgehead atoms. The lowest BCUT2D eigenvalue weighted by atomic mass is 10.0. The van der Waals surface area contributed by atoms with Gasteiger partial charge in [0.05, 0.1) is 43.5 Å². The molecule has 0 N–H and O–H groups in total. The molecule has 2 heterocycles. The van der Waals surface area contributed by atoms with E-state index in [1.165, 1.54) is 24.3 Å². The van der Waals surface area contributed by atoms with Crippen LogP contribution in [0, 0.1) is 0 Å². The van der Waals surface area contributed by atoms with Crippen molar-refractivity contribution in [1.29, 1.82) is 0 Å². The van der Waals surface area contributed by atoms with Gasteiger partial charge < -0.3 is 14.4 Å². The molecule has 0 saturated heterocycles. The molecule has 3 aromatic rings. The summed E-state index contributed by atoms with van der Waals surface area (Å²) in [5, 5.41) is 8.46. The van der Waals surface area contributed by atoms with E-state index in [2.05, 4.69) is 20.2 Å². The zero-order chi connectivity index (χ0) is 25.6. The lowest BCUT2D eigenvalue weighted by Crippen LogP contribution is -2.42. The summed E-state index contributed by atoms with van der Waals surface area (Å²) >= 11 is 0. The molecule has 0 radical (unpaired) electrons. The van der Waals surface area contributed by atoms with E-state index in [1.807, 2.05) is 19.9 Å². The van der Waals surface area contributed by atoms with E-state index in [9.17, 15) is 18.0 Å². The summed E-state index contributed by atoms with van der Waals surface area (Å²) in [4.78, 5) is 23.7. The van der Waals surface area contributed by atoms with Gasteiger partial charge in [0.1, 0.15) is 18.0 Å². The fourth-order valence-corrected chi connectivity index (χ4v) is 3.62. The van der Waals surface area contributed by atoms with Gasteiger partial charge in [0.25, 0.3) is 5.91 Å². The molecule has 0 fully saturated rings. The van der Waals surface area contributed by atoms with Crippen molar-refractivity contribution in [3.63, 3.8) is 0 Å². The Morgan fingerprint density at radius 2 is 1.86 bits per heavy atom. The number of benzene rings is 1. The van der Waals surface area contributed by atoms with E-state index in [4.69, 9.17) is 9.47 Å². The number of likely N-dealkylation sites (N-methyl/N-ethyl adjacent to an activating group) is 1. The maximum absolute atomic E-state index is 13.7. The zero-order valence-electron chi connectivity index (χ0n) is 19.9. The van der Waals surface area contributed by atoms with E-state index in [0.29, 0.717) is 36.2 Å². The Morgan fingerprint density at radius 3 is 2.40 bits per heavy atom. The van der Waals surface area contributed by atoms with E-state index < -0.39 is 17.9 Å². The van der Waals surface area contributed by atoms with Gasteiger partial charge in [0.2, 0.25) is 5.88 Å². The third-order valence-electron chi connectivity index (χ3n) is 5.29. The molecule has 1 atom stereocenters. The summed E-state index contributed by atoms with van der Waals surface area (Å²) < 4.78 is 49.0. The first kappa shape index (κ1) is 25.9. The van der Waals surface area contributed by atoms with Crippen LogP contribution in [0.4, 0.5) is 13.2 Å². The van der Waals surface area contributed by atoms with Gasteiger partial charge >= 0.3 is 6.18 Å². The summed E-state index contributed by atoms with van der Waals surface area (Å²) in [6, 6.07) is 3.08. The Balaban J connectivity index is 1.86. The van der Waals surface area contributed by atoms with Crippen LogP contribution in [0.2, 0.25) is 0 Å². The Hall–Kier alpha value is -3.70. The van der Waals surface area contributed by atoms with Crippen LogP contribution in [0.5, 0.6) is 11.6 Å². The number of hydrogen-bond acceptors (Lipinski definition) is 7. The minimum absolute atomic E-state index is 0.000757. The lowest BCUT2D eigenvalue weighted by molar-refractivity contribution is -0.141. The fourth-order valence-electron chi connectivity index (χ4n) is 3.62. The first-order chi connectivity index (χ1) is 16.7. The molecule has 1 amide bonds. The molecule has 3 rings (SSSR count). The fraction of sp³-hybridized carbons (Fsp3) is 0.435. The Labute approximate surface area is 200 Å². The van der Waals surface area contributed by atoms with Gasteiger partial charge in [0, 0.05) is 6.54 Å². The van der Waals surface area contributed by atoms with Crippen LogP contribution in [0.15, 0.2) is 36.9 Å².